The molecule has 0 aliphatic heterocycles. The average Bonchev–Trinajstić information content (AvgIpc) is 2.75. The lowest BCUT2D eigenvalue weighted by Gasteiger charge is -2.11. The number of carbonyl (C=O) groups is 1. The van der Waals surface area contributed by atoms with E-state index < -0.39 is 5.82 Å². The van der Waals surface area contributed by atoms with Crippen LogP contribution in [0.25, 0.3) is 0 Å². The molecule has 0 fully saturated rings. The zero-order valence-electron chi connectivity index (χ0n) is 16.6. The van der Waals surface area contributed by atoms with Crippen molar-refractivity contribution in [3.05, 3.63) is 96.2 Å². The number of hydrogen-bond acceptors (Lipinski definition) is 6. The van der Waals surface area contributed by atoms with Crippen LogP contribution in [-0.4, -0.2) is 20.9 Å². The van der Waals surface area contributed by atoms with E-state index in [1.54, 1.807) is 37.4 Å². The van der Waals surface area contributed by atoms with Crippen molar-refractivity contribution in [2.24, 2.45) is 0 Å². The Labute approximate surface area is 178 Å². The Bertz CT molecular complexity index is 1200. The first-order chi connectivity index (χ1) is 15.0. The molecule has 154 valence electrons. The average molecular weight is 414 g/mol. The molecule has 4 aromatic rings. The number of aromatic nitrogens is 3. The van der Waals surface area contributed by atoms with Gasteiger partial charge in [0.25, 0.3) is 5.91 Å². The summed E-state index contributed by atoms with van der Waals surface area (Å²) in [4.78, 5) is 25.3. The number of pyridine rings is 1. The van der Waals surface area contributed by atoms with E-state index in [9.17, 15) is 9.18 Å². The summed E-state index contributed by atoms with van der Waals surface area (Å²) in [6.45, 7) is 1.81. The smallest absolute Gasteiger partial charge is 0.255 e. The highest BCUT2D eigenvalue weighted by Crippen LogP contribution is 2.21. The van der Waals surface area contributed by atoms with Crippen LogP contribution in [0.1, 0.15) is 16.2 Å². The van der Waals surface area contributed by atoms with Crippen LogP contribution in [0.2, 0.25) is 0 Å². The van der Waals surface area contributed by atoms with E-state index in [0.29, 0.717) is 29.0 Å². The maximum atomic E-state index is 13.3. The van der Waals surface area contributed by atoms with Crippen LogP contribution in [0, 0.1) is 12.7 Å². The molecule has 31 heavy (non-hydrogen) atoms. The third-order valence-electron chi connectivity index (χ3n) is 4.26. The summed E-state index contributed by atoms with van der Waals surface area (Å²) < 4.78 is 13.3. The number of rotatable bonds is 6. The van der Waals surface area contributed by atoms with E-state index in [4.69, 9.17) is 0 Å². The van der Waals surface area contributed by atoms with Crippen molar-refractivity contribution < 1.29 is 9.18 Å². The van der Waals surface area contributed by atoms with E-state index in [-0.39, 0.29) is 11.5 Å². The van der Waals surface area contributed by atoms with Crippen LogP contribution < -0.4 is 16.0 Å². The molecule has 0 spiro atoms. The molecule has 4 rings (SSSR count). The Hall–Kier alpha value is -4.33. The van der Waals surface area contributed by atoms with Crippen molar-refractivity contribution in [3.63, 3.8) is 0 Å². The first kappa shape index (κ1) is 20.0. The topological polar surface area (TPSA) is 91.8 Å². The highest BCUT2D eigenvalue weighted by Gasteiger charge is 2.08. The second kappa shape index (κ2) is 9.00. The van der Waals surface area contributed by atoms with Gasteiger partial charge in [-0.3, -0.25) is 4.79 Å². The largest absolute Gasteiger partial charge is 0.340 e. The molecule has 2 aromatic heterocycles. The summed E-state index contributed by atoms with van der Waals surface area (Å²) in [6.07, 6.45) is 1.70. The first-order valence-electron chi connectivity index (χ1n) is 9.53. The number of aryl methyl sites for hydroxylation is 1. The molecule has 0 saturated carbocycles. The zero-order chi connectivity index (χ0) is 21.6. The Morgan fingerprint density at radius 1 is 0.806 bits per heavy atom. The van der Waals surface area contributed by atoms with Crippen LogP contribution in [0.5, 0.6) is 0 Å². The number of benzene rings is 2. The Balaban J connectivity index is 1.43. The maximum Gasteiger partial charge on any atom is 0.255 e. The molecule has 0 saturated heterocycles. The normalized spacial score (nSPS) is 10.4. The number of nitrogens with zero attached hydrogens (tertiary/aromatic N) is 3. The SMILES string of the molecule is Cc1nc(Nc2ccc(NC(=O)c3cccc(F)c3)cc2)cc(Nc2ccccn2)n1. The Kier molecular flexibility index (Phi) is 5.79. The third-order valence-corrected chi connectivity index (χ3v) is 4.26. The van der Waals surface area contributed by atoms with Crippen LogP contribution in [0.15, 0.2) is 79.0 Å². The molecule has 3 N–H and O–H groups in total. The van der Waals surface area contributed by atoms with Gasteiger partial charge in [0.2, 0.25) is 0 Å². The van der Waals surface area contributed by atoms with Crippen molar-refractivity contribution >= 4 is 34.7 Å². The summed E-state index contributed by atoms with van der Waals surface area (Å²) in [5, 5.41) is 9.11. The number of nitrogens with one attached hydrogen (secondary N) is 3. The highest BCUT2D eigenvalue weighted by atomic mass is 19.1. The van der Waals surface area contributed by atoms with Crippen LogP contribution in [-0.2, 0) is 0 Å². The van der Waals surface area contributed by atoms with Gasteiger partial charge in [0.05, 0.1) is 0 Å². The van der Waals surface area contributed by atoms with E-state index >= 15 is 0 Å². The highest BCUT2D eigenvalue weighted by molar-refractivity contribution is 6.04. The first-order valence-corrected chi connectivity index (χ1v) is 9.53. The molecular weight excluding hydrogens is 395 g/mol. The molecule has 8 heteroatoms. The zero-order valence-corrected chi connectivity index (χ0v) is 16.6. The monoisotopic (exact) mass is 414 g/mol. The summed E-state index contributed by atoms with van der Waals surface area (Å²) in [7, 11) is 0. The van der Waals surface area contributed by atoms with Gasteiger partial charge in [-0.15, -0.1) is 0 Å². The fourth-order valence-electron chi connectivity index (χ4n) is 2.88. The number of amides is 1. The minimum absolute atomic E-state index is 0.256. The minimum atomic E-state index is -0.454. The van der Waals surface area contributed by atoms with Gasteiger partial charge in [-0.1, -0.05) is 12.1 Å². The van der Waals surface area contributed by atoms with Gasteiger partial charge in [0.1, 0.15) is 29.1 Å². The lowest BCUT2D eigenvalue weighted by Crippen LogP contribution is -2.12. The van der Waals surface area contributed by atoms with E-state index in [0.717, 1.165) is 5.69 Å². The van der Waals surface area contributed by atoms with Gasteiger partial charge in [0, 0.05) is 29.2 Å². The van der Waals surface area contributed by atoms with Crippen LogP contribution in [0.3, 0.4) is 0 Å². The van der Waals surface area contributed by atoms with Crippen molar-refractivity contribution in [2.75, 3.05) is 16.0 Å². The summed E-state index contributed by atoms with van der Waals surface area (Å²) in [6, 6.07) is 20.0. The summed E-state index contributed by atoms with van der Waals surface area (Å²) in [5.41, 5.74) is 1.63. The molecule has 0 aliphatic rings. The van der Waals surface area contributed by atoms with Gasteiger partial charge < -0.3 is 16.0 Å². The molecule has 2 heterocycles. The van der Waals surface area contributed by atoms with Crippen molar-refractivity contribution in [2.45, 2.75) is 6.92 Å². The van der Waals surface area contributed by atoms with E-state index in [1.165, 1.54) is 18.2 Å². The molecular formula is C23H19FN6O. The van der Waals surface area contributed by atoms with E-state index in [2.05, 4.69) is 30.9 Å². The lowest BCUT2D eigenvalue weighted by molar-refractivity contribution is 0.102. The van der Waals surface area contributed by atoms with Gasteiger partial charge in [-0.05, 0) is 61.5 Å². The quantitative estimate of drug-likeness (QED) is 0.409. The fraction of sp³-hybridized carbons (Fsp3) is 0.0435. The van der Waals surface area contributed by atoms with Crippen molar-refractivity contribution in [3.8, 4) is 0 Å². The Morgan fingerprint density at radius 2 is 1.55 bits per heavy atom. The van der Waals surface area contributed by atoms with Crippen molar-refractivity contribution in [1.82, 2.24) is 15.0 Å². The number of anilines is 5. The molecule has 0 bridgehead atoms. The molecule has 2 aromatic carbocycles. The molecule has 0 aliphatic carbocycles. The van der Waals surface area contributed by atoms with Gasteiger partial charge in [-0.25, -0.2) is 19.3 Å². The van der Waals surface area contributed by atoms with Crippen LogP contribution >= 0.6 is 0 Å². The lowest BCUT2D eigenvalue weighted by atomic mass is 10.2. The third kappa shape index (κ3) is 5.39. The predicted molar refractivity (Wildman–Crippen MR) is 118 cm³/mol. The standard InChI is InChI=1S/C23H19FN6O/c1-15-26-21(14-22(27-15)30-20-7-2-3-12-25-20)28-18-8-10-19(11-9-18)29-23(31)16-5-4-6-17(24)13-16/h2-14H,1H3,(H,29,31)(H2,25,26,27,28,30). The second-order valence-electron chi connectivity index (χ2n) is 6.69. The molecule has 0 unspecified atom stereocenters. The van der Waals surface area contributed by atoms with Crippen LogP contribution in [0.4, 0.5) is 33.2 Å². The predicted octanol–water partition coefficient (Wildman–Crippen LogP) is 5.06. The Morgan fingerprint density at radius 3 is 2.26 bits per heavy atom. The summed E-state index contributed by atoms with van der Waals surface area (Å²) in [5.74, 6) is 1.68. The molecule has 7 nitrogen and oxygen atoms in total. The summed E-state index contributed by atoms with van der Waals surface area (Å²) >= 11 is 0. The molecule has 1 amide bonds. The number of halogens is 1. The maximum absolute atomic E-state index is 13.3. The van der Waals surface area contributed by atoms with Gasteiger partial charge in [-0.2, -0.15) is 0 Å². The van der Waals surface area contributed by atoms with Gasteiger partial charge >= 0.3 is 0 Å². The number of hydrogen-bond donors (Lipinski definition) is 3. The molecule has 0 radical (unpaired) electrons. The second-order valence-corrected chi connectivity index (χ2v) is 6.69. The minimum Gasteiger partial charge on any atom is -0.340 e. The number of carbonyl (C=O) groups excluding carboxylic acids is 1. The fourth-order valence-corrected chi connectivity index (χ4v) is 2.88. The van der Waals surface area contributed by atoms with Crippen molar-refractivity contribution in [1.29, 1.82) is 0 Å². The molecule has 0 atom stereocenters. The van der Waals surface area contributed by atoms with Gasteiger partial charge in [0.15, 0.2) is 0 Å². The van der Waals surface area contributed by atoms with E-state index in [1.807, 2.05) is 30.3 Å².